The van der Waals surface area contributed by atoms with E-state index in [-0.39, 0.29) is 6.04 Å². The summed E-state index contributed by atoms with van der Waals surface area (Å²) in [5.74, 6) is 0.949. The molecular formula is C12H19NO. The molecule has 78 valence electrons. The number of benzene rings is 1. The topological polar surface area (TPSA) is 35.2 Å². The highest BCUT2D eigenvalue weighted by Gasteiger charge is 2.07. The average molecular weight is 193 g/mol. The molecule has 2 nitrogen and oxygen atoms in total. The van der Waals surface area contributed by atoms with Crippen molar-refractivity contribution < 1.29 is 4.74 Å². The van der Waals surface area contributed by atoms with Gasteiger partial charge in [0.15, 0.2) is 0 Å². The van der Waals surface area contributed by atoms with Gasteiger partial charge < -0.3 is 10.5 Å². The molecule has 0 bridgehead atoms. The van der Waals surface area contributed by atoms with Gasteiger partial charge in [0.1, 0.15) is 5.75 Å². The van der Waals surface area contributed by atoms with Crippen LogP contribution >= 0.6 is 0 Å². The molecule has 0 saturated carbocycles. The van der Waals surface area contributed by atoms with Gasteiger partial charge in [0, 0.05) is 6.04 Å². The van der Waals surface area contributed by atoms with Crippen LogP contribution in [0.2, 0.25) is 0 Å². The van der Waals surface area contributed by atoms with Gasteiger partial charge in [-0.25, -0.2) is 0 Å². The summed E-state index contributed by atoms with van der Waals surface area (Å²) in [5.41, 5.74) is 9.53. The first-order chi connectivity index (χ1) is 6.54. The van der Waals surface area contributed by atoms with E-state index in [1.807, 2.05) is 6.92 Å². The Morgan fingerprint density at radius 1 is 1.29 bits per heavy atom. The van der Waals surface area contributed by atoms with E-state index in [2.05, 4.69) is 26.0 Å². The summed E-state index contributed by atoms with van der Waals surface area (Å²) in [7, 11) is 1.70. The Kier molecular flexibility index (Phi) is 3.53. The highest BCUT2D eigenvalue weighted by Crippen LogP contribution is 2.23. The lowest BCUT2D eigenvalue weighted by Gasteiger charge is -2.13. The SMILES string of the molecule is COc1cc(C)c(C)cc1CC(C)N. The third-order valence-electron chi connectivity index (χ3n) is 2.44. The zero-order valence-corrected chi connectivity index (χ0v) is 9.42. The van der Waals surface area contributed by atoms with Crippen LogP contribution in [0.3, 0.4) is 0 Å². The molecule has 0 spiro atoms. The Bertz CT molecular complexity index is 318. The van der Waals surface area contributed by atoms with Crippen LogP contribution in [0.4, 0.5) is 0 Å². The van der Waals surface area contributed by atoms with Crippen molar-refractivity contribution in [1.29, 1.82) is 0 Å². The summed E-state index contributed by atoms with van der Waals surface area (Å²) in [6, 6.07) is 4.41. The van der Waals surface area contributed by atoms with E-state index in [0.29, 0.717) is 0 Å². The van der Waals surface area contributed by atoms with Crippen molar-refractivity contribution >= 4 is 0 Å². The van der Waals surface area contributed by atoms with Gasteiger partial charge in [0.25, 0.3) is 0 Å². The molecular weight excluding hydrogens is 174 g/mol. The van der Waals surface area contributed by atoms with Crippen LogP contribution < -0.4 is 10.5 Å². The third kappa shape index (κ3) is 2.48. The zero-order chi connectivity index (χ0) is 10.7. The monoisotopic (exact) mass is 193 g/mol. The van der Waals surface area contributed by atoms with E-state index in [0.717, 1.165) is 12.2 Å². The van der Waals surface area contributed by atoms with Gasteiger partial charge in [-0.05, 0) is 49.9 Å². The summed E-state index contributed by atoms with van der Waals surface area (Å²) < 4.78 is 5.33. The highest BCUT2D eigenvalue weighted by molar-refractivity contribution is 5.42. The smallest absolute Gasteiger partial charge is 0.122 e. The van der Waals surface area contributed by atoms with Gasteiger partial charge in [-0.2, -0.15) is 0 Å². The van der Waals surface area contributed by atoms with Crippen molar-refractivity contribution in [3.05, 3.63) is 28.8 Å². The first-order valence-electron chi connectivity index (χ1n) is 4.94. The van der Waals surface area contributed by atoms with E-state index < -0.39 is 0 Å². The van der Waals surface area contributed by atoms with Crippen molar-refractivity contribution in [3.8, 4) is 5.75 Å². The molecule has 0 aliphatic rings. The van der Waals surface area contributed by atoms with E-state index in [1.165, 1.54) is 16.7 Å². The largest absolute Gasteiger partial charge is 0.496 e. The van der Waals surface area contributed by atoms with Gasteiger partial charge in [0.05, 0.1) is 7.11 Å². The first-order valence-corrected chi connectivity index (χ1v) is 4.94. The molecule has 0 saturated heterocycles. The second-order valence-corrected chi connectivity index (χ2v) is 3.93. The number of nitrogens with two attached hydrogens (primary N) is 1. The fourth-order valence-electron chi connectivity index (χ4n) is 1.55. The Morgan fingerprint density at radius 2 is 1.86 bits per heavy atom. The Balaban J connectivity index is 3.07. The molecule has 0 aromatic heterocycles. The van der Waals surface area contributed by atoms with Crippen LogP contribution in [0.25, 0.3) is 0 Å². The summed E-state index contributed by atoms with van der Waals surface area (Å²) in [5, 5.41) is 0. The molecule has 0 aliphatic carbocycles. The summed E-state index contributed by atoms with van der Waals surface area (Å²) in [6.07, 6.45) is 0.865. The molecule has 2 heteroatoms. The predicted octanol–water partition coefficient (Wildman–Crippen LogP) is 2.20. The normalized spacial score (nSPS) is 12.6. The first kappa shape index (κ1) is 11.1. The lowest BCUT2D eigenvalue weighted by molar-refractivity contribution is 0.408. The molecule has 1 atom stereocenters. The molecule has 1 aromatic rings. The number of hydrogen-bond acceptors (Lipinski definition) is 2. The van der Waals surface area contributed by atoms with Crippen molar-refractivity contribution in [2.24, 2.45) is 5.73 Å². The van der Waals surface area contributed by atoms with Crippen LogP contribution in [-0.4, -0.2) is 13.2 Å². The van der Waals surface area contributed by atoms with Crippen LogP contribution in [0, 0.1) is 13.8 Å². The van der Waals surface area contributed by atoms with E-state index >= 15 is 0 Å². The lowest BCUT2D eigenvalue weighted by atomic mass is 10.0. The number of ether oxygens (including phenoxy) is 1. The average Bonchev–Trinajstić information content (AvgIpc) is 2.10. The summed E-state index contributed by atoms with van der Waals surface area (Å²) >= 11 is 0. The van der Waals surface area contributed by atoms with Gasteiger partial charge in [-0.1, -0.05) is 6.07 Å². The molecule has 1 rings (SSSR count). The second kappa shape index (κ2) is 4.47. The lowest BCUT2D eigenvalue weighted by Crippen LogP contribution is -2.18. The van der Waals surface area contributed by atoms with E-state index in [9.17, 15) is 0 Å². The highest BCUT2D eigenvalue weighted by atomic mass is 16.5. The van der Waals surface area contributed by atoms with Gasteiger partial charge in [0.2, 0.25) is 0 Å². The number of rotatable bonds is 3. The maximum absolute atomic E-state index is 5.78. The standard InChI is InChI=1S/C12H19NO/c1-8-5-11(7-10(3)13)12(14-4)6-9(8)2/h5-6,10H,7,13H2,1-4H3. The molecule has 2 N–H and O–H groups in total. The molecule has 0 aliphatic heterocycles. The minimum absolute atomic E-state index is 0.172. The quantitative estimate of drug-likeness (QED) is 0.798. The number of aryl methyl sites for hydroxylation is 2. The zero-order valence-electron chi connectivity index (χ0n) is 9.42. The molecule has 0 fully saturated rings. The van der Waals surface area contributed by atoms with Gasteiger partial charge in [-0.15, -0.1) is 0 Å². The van der Waals surface area contributed by atoms with Crippen LogP contribution in [0.5, 0.6) is 5.75 Å². The van der Waals surface area contributed by atoms with Crippen molar-refractivity contribution in [3.63, 3.8) is 0 Å². The maximum atomic E-state index is 5.78. The molecule has 1 unspecified atom stereocenters. The molecule has 0 heterocycles. The van der Waals surface area contributed by atoms with Crippen molar-refractivity contribution in [2.45, 2.75) is 33.2 Å². The second-order valence-electron chi connectivity index (χ2n) is 3.93. The maximum Gasteiger partial charge on any atom is 0.122 e. The van der Waals surface area contributed by atoms with Crippen LogP contribution in [-0.2, 0) is 6.42 Å². The van der Waals surface area contributed by atoms with Crippen molar-refractivity contribution in [1.82, 2.24) is 0 Å². The Morgan fingerprint density at radius 3 is 2.36 bits per heavy atom. The van der Waals surface area contributed by atoms with Crippen molar-refractivity contribution in [2.75, 3.05) is 7.11 Å². The van der Waals surface area contributed by atoms with Gasteiger partial charge in [-0.3, -0.25) is 0 Å². The predicted molar refractivity (Wildman–Crippen MR) is 59.8 cm³/mol. The summed E-state index contributed by atoms with van der Waals surface area (Å²) in [6.45, 7) is 6.21. The fraction of sp³-hybridized carbons (Fsp3) is 0.500. The minimum Gasteiger partial charge on any atom is -0.496 e. The molecule has 0 amide bonds. The Hall–Kier alpha value is -1.02. The molecule has 14 heavy (non-hydrogen) atoms. The molecule has 1 aromatic carbocycles. The van der Waals surface area contributed by atoms with Crippen LogP contribution in [0.15, 0.2) is 12.1 Å². The van der Waals surface area contributed by atoms with Gasteiger partial charge >= 0.3 is 0 Å². The Labute approximate surface area is 86.1 Å². The number of methoxy groups -OCH3 is 1. The van der Waals surface area contributed by atoms with E-state index in [4.69, 9.17) is 10.5 Å². The third-order valence-corrected chi connectivity index (χ3v) is 2.44. The fourth-order valence-corrected chi connectivity index (χ4v) is 1.55. The summed E-state index contributed by atoms with van der Waals surface area (Å²) in [4.78, 5) is 0. The number of hydrogen-bond donors (Lipinski definition) is 1. The molecule has 0 radical (unpaired) electrons. The van der Waals surface area contributed by atoms with Crippen LogP contribution in [0.1, 0.15) is 23.6 Å². The van der Waals surface area contributed by atoms with E-state index in [1.54, 1.807) is 7.11 Å². The minimum atomic E-state index is 0.172.